The molecule has 0 bridgehead atoms. The van der Waals surface area contributed by atoms with Gasteiger partial charge in [0.2, 0.25) is 0 Å². The van der Waals surface area contributed by atoms with Gasteiger partial charge in [0.1, 0.15) is 0 Å². The third-order valence-electron chi connectivity index (χ3n) is 3.64. The topological polar surface area (TPSA) is 104 Å². The number of carbonyl (C=O) groups is 3. The van der Waals surface area contributed by atoms with Gasteiger partial charge < -0.3 is 10.2 Å². The Balaban J connectivity index is 0.00000289. The molecule has 1 atom stereocenters. The van der Waals surface area contributed by atoms with Crippen molar-refractivity contribution in [3.8, 4) is 0 Å². The van der Waals surface area contributed by atoms with Gasteiger partial charge in [0, 0.05) is 0 Å². The van der Waals surface area contributed by atoms with Gasteiger partial charge in [-0.3, -0.25) is 9.63 Å². The van der Waals surface area contributed by atoms with Gasteiger partial charge in [-0.2, -0.15) is 5.06 Å². The van der Waals surface area contributed by atoms with Crippen molar-refractivity contribution in [2.75, 3.05) is 7.11 Å². The molecule has 1 aliphatic heterocycles. The first-order valence-electron chi connectivity index (χ1n) is 5.04. The maximum absolute atomic E-state index is 11.9. The Morgan fingerprint density at radius 3 is 1.89 bits per heavy atom. The molecule has 1 heterocycles. The summed E-state index contributed by atoms with van der Waals surface area (Å²) >= 11 is 0. The maximum atomic E-state index is 11.9. The first kappa shape index (κ1) is 17.4. The average molecular weight is 269 g/mol. The van der Waals surface area contributed by atoms with Crippen LogP contribution in [0.1, 0.15) is 20.8 Å². The van der Waals surface area contributed by atoms with Gasteiger partial charge in [-0.05, 0) is 12.8 Å². The summed E-state index contributed by atoms with van der Waals surface area (Å²) in [6, 6.07) is 0. The number of carbonyl (C=O) groups excluding carboxylic acids is 1. The van der Waals surface area contributed by atoms with E-state index in [9.17, 15) is 24.6 Å². The van der Waals surface area contributed by atoms with Crippen LogP contribution in [-0.4, -0.2) is 75.3 Å². The monoisotopic (exact) mass is 269 g/mol. The molecule has 7 nitrogen and oxygen atoms in total. The molecule has 1 amide bonds. The molecule has 1 unspecified atom stereocenters. The summed E-state index contributed by atoms with van der Waals surface area (Å²) in [5.41, 5.74) is -3.90. The molecule has 8 heteroatoms. The van der Waals surface area contributed by atoms with Crippen molar-refractivity contribution in [2.45, 2.75) is 26.3 Å². The molecule has 1 fully saturated rings. The number of aliphatic carboxylic acids is 2. The summed E-state index contributed by atoms with van der Waals surface area (Å²) in [6.45, 7) is 4.54. The zero-order valence-electron chi connectivity index (χ0n) is 10.1. The molecular formula is C10H16NNaO6. The predicted octanol–water partition coefficient (Wildman–Crippen LogP) is -0.688. The molecule has 0 saturated carbocycles. The molecule has 0 aliphatic carbocycles. The van der Waals surface area contributed by atoms with Gasteiger partial charge in [-0.25, -0.2) is 9.59 Å². The van der Waals surface area contributed by atoms with E-state index in [4.69, 9.17) is 0 Å². The second-order valence-corrected chi connectivity index (χ2v) is 4.46. The van der Waals surface area contributed by atoms with Crippen LogP contribution in [-0.2, 0) is 19.2 Å². The minimum atomic E-state index is -2.37. The summed E-state index contributed by atoms with van der Waals surface area (Å²) in [7, 11) is 1.07. The van der Waals surface area contributed by atoms with Crippen LogP contribution in [0.15, 0.2) is 0 Å². The summed E-state index contributed by atoms with van der Waals surface area (Å²) in [6.07, 6.45) is 0. The second-order valence-electron chi connectivity index (χ2n) is 4.46. The van der Waals surface area contributed by atoms with E-state index >= 15 is 0 Å². The Morgan fingerprint density at radius 1 is 1.28 bits per heavy atom. The van der Waals surface area contributed by atoms with Crippen molar-refractivity contribution in [3.63, 3.8) is 0 Å². The van der Waals surface area contributed by atoms with Crippen molar-refractivity contribution >= 4 is 47.4 Å². The van der Waals surface area contributed by atoms with Crippen LogP contribution in [0.3, 0.4) is 0 Å². The summed E-state index contributed by atoms with van der Waals surface area (Å²) in [4.78, 5) is 39.1. The standard InChI is InChI=1S/C10H15NO6.Na.H/c1-5(2)9(3)6(12)11(17-4)10(9,7(13)14)8(15)16;;/h5H,1-4H3,(H,13,14)(H,15,16);;. The van der Waals surface area contributed by atoms with E-state index < -0.39 is 34.7 Å². The minimum absolute atomic E-state index is 0. The SMILES string of the molecule is CON1C(=O)C(C)(C(C)C)C1(C(=O)O)C(=O)O.[NaH]. The van der Waals surface area contributed by atoms with E-state index in [0.29, 0.717) is 5.06 Å². The number of carboxylic acids is 2. The van der Waals surface area contributed by atoms with Crippen LogP contribution in [0.25, 0.3) is 0 Å². The molecule has 1 aliphatic rings. The van der Waals surface area contributed by atoms with E-state index in [1.165, 1.54) is 6.92 Å². The van der Waals surface area contributed by atoms with Gasteiger partial charge in [0.25, 0.3) is 11.4 Å². The number of rotatable bonds is 4. The predicted molar refractivity (Wildman–Crippen MR) is 62.0 cm³/mol. The fourth-order valence-electron chi connectivity index (χ4n) is 2.27. The van der Waals surface area contributed by atoms with Gasteiger partial charge in [0.05, 0.1) is 12.5 Å². The van der Waals surface area contributed by atoms with Crippen molar-refractivity contribution in [3.05, 3.63) is 0 Å². The third-order valence-corrected chi connectivity index (χ3v) is 3.64. The Hall–Kier alpha value is -0.630. The van der Waals surface area contributed by atoms with E-state index in [2.05, 4.69) is 4.84 Å². The Labute approximate surface area is 126 Å². The number of carboxylic acid groups (broad SMARTS) is 2. The number of nitrogens with zero attached hydrogens (tertiary/aromatic N) is 1. The molecule has 2 N–H and O–H groups in total. The fraction of sp³-hybridized carbons (Fsp3) is 0.700. The Morgan fingerprint density at radius 2 is 1.67 bits per heavy atom. The fourth-order valence-corrected chi connectivity index (χ4v) is 2.27. The normalized spacial score (nSPS) is 25.4. The molecule has 0 aromatic carbocycles. The van der Waals surface area contributed by atoms with Crippen LogP contribution in [0, 0.1) is 11.3 Å². The number of hydroxylamine groups is 2. The Kier molecular flexibility index (Phi) is 4.98. The van der Waals surface area contributed by atoms with Crippen molar-refractivity contribution in [2.24, 2.45) is 11.3 Å². The number of hydrogen-bond acceptors (Lipinski definition) is 4. The summed E-state index contributed by atoms with van der Waals surface area (Å²) in [5.74, 6) is -4.31. The van der Waals surface area contributed by atoms with Crippen LogP contribution >= 0.6 is 0 Å². The van der Waals surface area contributed by atoms with Gasteiger partial charge in [0.15, 0.2) is 0 Å². The first-order chi connectivity index (χ1) is 7.68. The van der Waals surface area contributed by atoms with E-state index in [1.54, 1.807) is 13.8 Å². The molecule has 0 radical (unpaired) electrons. The van der Waals surface area contributed by atoms with Crippen LogP contribution < -0.4 is 0 Å². The van der Waals surface area contributed by atoms with Gasteiger partial charge in [-0.1, -0.05) is 13.8 Å². The average Bonchev–Trinajstić information content (AvgIpc) is 2.21. The number of amides is 1. The number of β-lactam (4-membered cyclic amide) rings is 1. The summed E-state index contributed by atoms with van der Waals surface area (Å²) in [5, 5.41) is 18.8. The third kappa shape index (κ3) is 1.61. The van der Waals surface area contributed by atoms with Gasteiger partial charge in [-0.15, -0.1) is 0 Å². The van der Waals surface area contributed by atoms with Crippen molar-refractivity contribution < 1.29 is 29.4 Å². The molecule has 0 aromatic heterocycles. The quantitative estimate of drug-likeness (QED) is 0.398. The second kappa shape index (κ2) is 5.16. The van der Waals surface area contributed by atoms with E-state index in [0.717, 1.165) is 7.11 Å². The van der Waals surface area contributed by atoms with E-state index in [1.807, 2.05) is 0 Å². The number of hydrogen-bond donors (Lipinski definition) is 2. The molecular weight excluding hydrogens is 253 g/mol. The van der Waals surface area contributed by atoms with Crippen molar-refractivity contribution in [1.29, 1.82) is 0 Å². The van der Waals surface area contributed by atoms with Crippen LogP contribution in [0.2, 0.25) is 0 Å². The van der Waals surface area contributed by atoms with Crippen LogP contribution in [0.5, 0.6) is 0 Å². The molecule has 1 saturated heterocycles. The summed E-state index contributed by atoms with van der Waals surface area (Å²) < 4.78 is 0. The molecule has 0 aromatic rings. The zero-order chi connectivity index (χ0) is 13.6. The molecule has 18 heavy (non-hydrogen) atoms. The van der Waals surface area contributed by atoms with Crippen LogP contribution in [0.4, 0.5) is 0 Å². The first-order valence-corrected chi connectivity index (χ1v) is 5.04. The van der Waals surface area contributed by atoms with Crippen molar-refractivity contribution in [1.82, 2.24) is 5.06 Å². The molecule has 98 valence electrons. The van der Waals surface area contributed by atoms with E-state index in [-0.39, 0.29) is 29.6 Å². The Bertz CT molecular complexity index is 382. The van der Waals surface area contributed by atoms with Gasteiger partial charge >= 0.3 is 41.5 Å². The molecule has 1 rings (SSSR count). The molecule has 0 spiro atoms. The zero-order valence-corrected chi connectivity index (χ0v) is 10.1.